The second-order valence-corrected chi connectivity index (χ2v) is 6.20. The molecular formula is C15H18N2OS. The Kier molecular flexibility index (Phi) is 3.05. The minimum atomic E-state index is 0.00131. The van der Waals surface area contributed by atoms with Crippen LogP contribution in [0.1, 0.15) is 41.6 Å². The summed E-state index contributed by atoms with van der Waals surface area (Å²) in [5, 5.41) is 3.07. The van der Waals surface area contributed by atoms with E-state index in [2.05, 4.69) is 5.32 Å². The smallest absolute Gasteiger partial charge is 0.251 e. The van der Waals surface area contributed by atoms with E-state index >= 15 is 0 Å². The van der Waals surface area contributed by atoms with Gasteiger partial charge in [-0.25, -0.2) is 0 Å². The van der Waals surface area contributed by atoms with Crippen LogP contribution in [0.2, 0.25) is 0 Å². The Morgan fingerprint density at radius 3 is 2.32 bits per heavy atom. The summed E-state index contributed by atoms with van der Waals surface area (Å²) in [6.45, 7) is 0.827. The average molecular weight is 274 g/mol. The fourth-order valence-corrected chi connectivity index (χ4v) is 2.87. The van der Waals surface area contributed by atoms with Crippen LogP contribution in [0.15, 0.2) is 24.3 Å². The lowest BCUT2D eigenvalue weighted by molar-refractivity contribution is 0.0942. The second-order valence-electron chi connectivity index (χ2n) is 5.76. The van der Waals surface area contributed by atoms with Crippen LogP contribution in [0.5, 0.6) is 0 Å². The van der Waals surface area contributed by atoms with E-state index in [4.69, 9.17) is 18.0 Å². The zero-order valence-electron chi connectivity index (χ0n) is 10.8. The van der Waals surface area contributed by atoms with Gasteiger partial charge in [-0.05, 0) is 49.1 Å². The topological polar surface area (TPSA) is 55.1 Å². The lowest BCUT2D eigenvalue weighted by atomic mass is 10.0. The molecule has 0 spiro atoms. The molecule has 3 N–H and O–H groups in total. The van der Waals surface area contributed by atoms with E-state index in [0.717, 1.165) is 18.0 Å². The van der Waals surface area contributed by atoms with Crippen molar-refractivity contribution in [1.82, 2.24) is 5.32 Å². The number of nitrogens with one attached hydrogen (secondary N) is 1. The number of nitrogens with two attached hydrogens (primary N) is 1. The highest BCUT2D eigenvalue weighted by Gasteiger charge is 2.53. The standard InChI is InChI=1S/C15H18N2OS/c16-13(19)10-1-3-11(4-2-10)14(18)17-9-15(7-8-15)12-5-6-12/h1-4,12H,5-9H2,(H2,16,19)(H,17,18). The number of carbonyl (C=O) groups is 1. The number of thiocarbonyl (C=S) groups is 1. The van der Waals surface area contributed by atoms with E-state index in [-0.39, 0.29) is 5.91 Å². The zero-order valence-corrected chi connectivity index (χ0v) is 11.6. The number of amides is 1. The first kappa shape index (κ1) is 12.6. The van der Waals surface area contributed by atoms with Crippen LogP contribution in [0.3, 0.4) is 0 Å². The third-order valence-electron chi connectivity index (χ3n) is 4.37. The molecule has 0 bridgehead atoms. The third-order valence-corrected chi connectivity index (χ3v) is 4.60. The molecule has 3 nitrogen and oxygen atoms in total. The molecule has 2 aliphatic carbocycles. The van der Waals surface area contributed by atoms with Gasteiger partial charge in [0.15, 0.2) is 0 Å². The molecule has 0 aromatic heterocycles. The minimum Gasteiger partial charge on any atom is -0.389 e. The van der Waals surface area contributed by atoms with Crippen LogP contribution >= 0.6 is 12.2 Å². The van der Waals surface area contributed by atoms with Crippen molar-refractivity contribution in [3.63, 3.8) is 0 Å². The normalized spacial score (nSPS) is 19.8. The minimum absolute atomic E-state index is 0.00131. The van der Waals surface area contributed by atoms with E-state index in [1.54, 1.807) is 24.3 Å². The number of benzene rings is 1. The van der Waals surface area contributed by atoms with Crippen molar-refractivity contribution >= 4 is 23.1 Å². The summed E-state index contributed by atoms with van der Waals surface area (Å²) in [7, 11) is 0. The summed E-state index contributed by atoms with van der Waals surface area (Å²) in [6.07, 6.45) is 5.24. The summed E-state index contributed by atoms with van der Waals surface area (Å²) in [5.74, 6) is 0.867. The first-order valence-electron chi connectivity index (χ1n) is 6.79. The Bertz CT molecular complexity index is 515. The predicted octanol–water partition coefficient (Wildman–Crippen LogP) is 2.24. The molecule has 2 aliphatic rings. The highest BCUT2D eigenvalue weighted by Crippen LogP contribution is 2.60. The molecular weight excluding hydrogens is 256 g/mol. The van der Waals surface area contributed by atoms with Crippen molar-refractivity contribution in [2.75, 3.05) is 6.54 Å². The molecule has 0 heterocycles. The van der Waals surface area contributed by atoms with Crippen molar-refractivity contribution in [2.24, 2.45) is 17.1 Å². The Hall–Kier alpha value is -1.42. The van der Waals surface area contributed by atoms with Gasteiger partial charge in [-0.2, -0.15) is 0 Å². The molecule has 0 unspecified atom stereocenters. The van der Waals surface area contributed by atoms with Crippen LogP contribution in [0.4, 0.5) is 0 Å². The number of carbonyl (C=O) groups excluding carboxylic acids is 1. The van der Waals surface area contributed by atoms with Crippen molar-refractivity contribution < 1.29 is 4.79 Å². The SMILES string of the molecule is NC(=S)c1ccc(C(=O)NCC2(C3CC3)CC2)cc1. The van der Waals surface area contributed by atoms with Gasteiger partial charge < -0.3 is 11.1 Å². The van der Waals surface area contributed by atoms with Gasteiger partial charge in [-0.1, -0.05) is 24.4 Å². The number of hydrogen-bond acceptors (Lipinski definition) is 2. The highest BCUT2D eigenvalue weighted by atomic mass is 32.1. The highest BCUT2D eigenvalue weighted by molar-refractivity contribution is 7.80. The van der Waals surface area contributed by atoms with E-state index in [9.17, 15) is 4.79 Å². The van der Waals surface area contributed by atoms with Gasteiger partial charge in [-0.15, -0.1) is 0 Å². The Balaban J connectivity index is 1.59. The number of hydrogen-bond donors (Lipinski definition) is 2. The molecule has 0 radical (unpaired) electrons. The Labute approximate surface area is 118 Å². The van der Waals surface area contributed by atoms with Gasteiger partial charge in [0.25, 0.3) is 5.91 Å². The first-order valence-corrected chi connectivity index (χ1v) is 7.20. The molecule has 1 aromatic rings. The third kappa shape index (κ3) is 2.63. The lowest BCUT2D eigenvalue weighted by Gasteiger charge is -2.15. The van der Waals surface area contributed by atoms with Crippen molar-refractivity contribution in [1.29, 1.82) is 0 Å². The molecule has 2 saturated carbocycles. The molecule has 2 fully saturated rings. The first-order chi connectivity index (χ1) is 9.11. The van der Waals surface area contributed by atoms with E-state index < -0.39 is 0 Å². The fourth-order valence-electron chi connectivity index (χ4n) is 2.73. The second kappa shape index (κ2) is 4.60. The molecule has 0 saturated heterocycles. The maximum atomic E-state index is 12.1. The van der Waals surface area contributed by atoms with Gasteiger partial charge in [-0.3, -0.25) is 4.79 Å². The Morgan fingerprint density at radius 1 is 1.26 bits per heavy atom. The quantitative estimate of drug-likeness (QED) is 0.810. The molecule has 1 amide bonds. The summed E-state index contributed by atoms with van der Waals surface area (Å²) in [5.41, 5.74) is 7.44. The number of rotatable bonds is 5. The van der Waals surface area contributed by atoms with Gasteiger partial charge in [0.1, 0.15) is 4.99 Å². The Morgan fingerprint density at radius 2 is 1.84 bits per heavy atom. The summed E-state index contributed by atoms with van der Waals surface area (Å²) in [6, 6.07) is 7.15. The van der Waals surface area contributed by atoms with Crippen LogP contribution in [-0.2, 0) is 0 Å². The molecule has 0 aliphatic heterocycles. The van der Waals surface area contributed by atoms with Gasteiger partial charge >= 0.3 is 0 Å². The van der Waals surface area contributed by atoms with Crippen LogP contribution in [-0.4, -0.2) is 17.4 Å². The molecule has 3 rings (SSSR count). The van der Waals surface area contributed by atoms with E-state index in [0.29, 0.717) is 16.0 Å². The van der Waals surface area contributed by atoms with Gasteiger partial charge in [0, 0.05) is 17.7 Å². The van der Waals surface area contributed by atoms with Crippen LogP contribution < -0.4 is 11.1 Å². The monoisotopic (exact) mass is 274 g/mol. The molecule has 4 heteroatoms. The summed E-state index contributed by atoms with van der Waals surface area (Å²) >= 11 is 4.89. The molecule has 19 heavy (non-hydrogen) atoms. The predicted molar refractivity (Wildman–Crippen MR) is 79.1 cm³/mol. The van der Waals surface area contributed by atoms with Gasteiger partial charge in [0.2, 0.25) is 0 Å². The van der Waals surface area contributed by atoms with E-state index in [1.165, 1.54) is 25.7 Å². The fraction of sp³-hybridized carbons (Fsp3) is 0.467. The molecule has 0 atom stereocenters. The largest absolute Gasteiger partial charge is 0.389 e. The van der Waals surface area contributed by atoms with Crippen LogP contribution in [0, 0.1) is 11.3 Å². The van der Waals surface area contributed by atoms with Crippen LogP contribution in [0.25, 0.3) is 0 Å². The summed E-state index contributed by atoms with van der Waals surface area (Å²) in [4.78, 5) is 12.4. The zero-order chi connectivity index (χ0) is 13.5. The van der Waals surface area contributed by atoms with Crippen molar-refractivity contribution in [2.45, 2.75) is 25.7 Å². The molecule has 100 valence electrons. The van der Waals surface area contributed by atoms with Gasteiger partial charge in [0.05, 0.1) is 0 Å². The lowest BCUT2D eigenvalue weighted by Crippen LogP contribution is -2.31. The maximum absolute atomic E-state index is 12.1. The maximum Gasteiger partial charge on any atom is 0.251 e. The molecule has 1 aromatic carbocycles. The average Bonchev–Trinajstić information content (AvgIpc) is 3.28. The summed E-state index contributed by atoms with van der Waals surface area (Å²) < 4.78 is 0. The van der Waals surface area contributed by atoms with Crippen molar-refractivity contribution in [3.8, 4) is 0 Å². The van der Waals surface area contributed by atoms with Crippen molar-refractivity contribution in [3.05, 3.63) is 35.4 Å². The van der Waals surface area contributed by atoms with E-state index in [1.807, 2.05) is 0 Å².